The number of aliphatic hydroxyl groups is 1. The zero-order chi connectivity index (χ0) is 10.4. The predicted octanol–water partition coefficient (Wildman–Crippen LogP) is 2.17. The second-order valence-electron chi connectivity index (χ2n) is 4.80. The van der Waals surface area contributed by atoms with Crippen molar-refractivity contribution < 1.29 is 5.11 Å². The average molecular weight is 199 g/mol. The number of aliphatic hydroxyl groups excluding tert-OH is 1. The van der Waals surface area contributed by atoms with Gasteiger partial charge in [-0.15, -0.1) is 0 Å². The van der Waals surface area contributed by atoms with E-state index in [1.807, 2.05) is 0 Å². The molecule has 1 aliphatic carbocycles. The molecule has 0 aliphatic heterocycles. The van der Waals surface area contributed by atoms with E-state index >= 15 is 0 Å². The molecule has 84 valence electrons. The minimum absolute atomic E-state index is 0.331. The quantitative estimate of drug-likeness (QED) is 0.665. The maximum Gasteiger partial charge on any atom is 0.0431 e. The van der Waals surface area contributed by atoms with Gasteiger partial charge in [-0.25, -0.2) is 0 Å². The molecule has 1 fully saturated rings. The van der Waals surface area contributed by atoms with Gasteiger partial charge in [-0.05, 0) is 44.1 Å². The first-order valence-corrected chi connectivity index (χ1v) is 6.10. The molecule has 0 heterocycles. The van der Waals surface area contributed by atoms with Crippen molar-refractivity contribution in [1.29, 1.82) is 0 Å². The van der Waals surface area contributed by atoms with Crippen molar-refractivity contribution in [2.24, 2.45) is 11.8 Å². The largest absolute Gasteiger partial charge is 0.396 e. The summed E-state index contributed by atoms with van der Waals surface area (Å²) in [7, 11) is 0. The zero-order valence-corrected chi connectivity index (χ0v) is 9.63. The first-order valence-electron chi connectivity index (χ1n) is 6.10. The van der Waals surface area contributed by atoms with Crippen molar-refractivity contribution in [2.45, 2.75) is 52.0 Å². The highest BCUT2D eigenvalue weighted by atomic mass is 16.2. The minimum atomic E-state index is 0.331. The van der Waals surface area contributed by atoms with E-state index in [0.717, 1.165) is 31.2 Å². The van der Waals surface area contributed by atoms with Crippen LogP contribution in [0.5, 0.6) is 0 Å². The van der Waals surface area contributed by atoms with Gasteiger partial charge in [-0.3, -0.25) is 0 Å². The van der Waals surface area contributed by atoms with Crippen LogP contribution in [0.25, 0.3) is 0 Å². The Bertz CT molecular complexity index is 139. The summed E-state index contributed by atoms with van der Waals surface area (Å²) in [5.74, 6) is 1.65. The molecular weight excluding hydrogens is 174 g/mol. The second-order valence-corrected chi connectivity index (χ2v) is 4.80. The van der Waals surface area contributed by atoms with Crippen molar-refractivity contribution >= 4 is 0 Å². The molecule has 0 saturated heterocycles. The second kappa shape index (κ2) is 6.41. The zero-order valence-electron chi connectivity index (χ0n) is 9.63. The molecule has 0 bridgehead atoms. The molecule has 0 radical (unpaired) electrons. The number of nitrogens with one attached hydrogen (secondary N) is 1. The standard InChI is InChI=1S/C12H25NO/c1-10-6-5-7-11(2)12(10)13-8-3-4-9-14/h10-14H,3-9H2,1-2H3. The molecule has 2 nitrogen and oxygen atoms in total. The Morgan fingerprint density at radius 3 is 2.36 bits per heavy atom. The Hall–Kier alpha value is -0.0800. The van der Waals surface area contributed by atoms with Gasteiger partial charge in [0.15, 0.2) is 0 Å². The normalized spacial score (nSPS) is 33.2. The van der Waals surface area contributed by atoms with Crippen LogP contribution in [0.1, 0.15) is 46.0 Å². The Balaban J connectivity index is 2.19. The van der Waals surface area contributed by atoms with Gasteiger partial charge in [-0.1, -0.05) is 20.3 Å². The van der Waals surface area contributed by atoms with Crippen LogP contribution in [0.3, 0.4) is 0 Å². The van der Waals surface area contributed by atoms with Gasteiger partial charge < -0.3 is 10.4 Å². The number of rotatable bonds is 5. The number of hydrogen-bond donors (Lipinski definition) is 2. The lowest BCUT2D eigenvalue weighted by Gasteiger charge is -2.35. The molecule has 0 aromatic heterocycles. The van der Waals surface area contributed by atoms with Gasteiger partial charge in [-0.2, -0.15) is 0 Å². The molecule has 0 aromatic carbocycles. The first-order chi connectivity index (χ1) is 6.75. The molecule has 1 aliphatic rings. The van der Waals surface area contributed by atoms with Gasteiger partial charge in [0.1, 0.15) is 0 Å². The highest BCUT2D eigenvalue weighted by Crippen LogP contribution is 2.28. The summed E-state index contributed by atoms with van der Waals surface area (Å²) in [5.41, 5.74) is 0. The lowest BCUT2D eigenvalue weighted by atomic mass is 9.79. The van der Waals surface area contributed by atoms with E-state index in [1.54, 1.807) is 0 Å². The van der Waals surface area contributed by atoms with E-state index in [4.69, 9.17) is 5.11 Å². The van der Waals surface area contributed by atoms with Crippen LogP contribution in [0.15, 0.2) is 0 Å². The predicted molar refractivity (Wildman–Crippen MR) is 60.3 cm³/mol. The van der Waals surface area contributed by atoms with Crippen molar-refractivity contribution in [1.82, 2.24) is 5.32 Å². The summed E-state index contributed by atoms with van der Waals surface area (Å²) in [4.78, 5) is 0. The van der Waals surface area contributed by atoms with Gasteiger partial charge in [0.2, 0.25) is 0 Å². The van der Waals surface area contributed by atoms with E-state index < -0.39 is 0 Å². The summed E-state index contributed by atoms with van der Waals surface area (Å²) in [5, 5.41) is 12.3. The molecule has 2 N–H and O–H groups in total. The van der Waals surface area contributed by atoms with Crippen molar-refractivity contribution in [3.05, 3.63) is 0 Å². The third kappa shape index (κ3) is 3.58. The number of hydrogen-bond acceptors (Lipinski definition) is 2. The summed E-state index contributed by atoms with van der Waals surface area (Å²) >= 11 is 0. The molecule has 2 heteroatoms. The Morgan fingerprint density at radius 2 is 1.79 bits per heavy atom. The fraction of sp³-hybridized carbons (Fsp3) is 1.00. The SMILES string of the molecule is CC1CCCC(C)C1NCCCCO. The molecule has 0 amide bonds. The molecular formula is C12H25NO. The third-order valence-corrected chi connectivity index (χ3v) is 3.51. The van der Waals surface area contributed by atoms with Crippen molar-refractivity contribution in [2.75, 3.05) is 13.2 Å². The lowest BCUT2D eigenvalue weighted by molar-refractivity contribution is 0.206. The summed E-state index contributed by atoms with van der Waals surface area (Å²) in [6.07, 6.45) is 6.19. The van der Waals surface area contributed by atoms with Gasteiger partial charge in [0.25, 0.3) is 0 Å². The van der Waals surface area contributed by atoms with Crippen LogP contribution in [-0.2, 0) is 0 Å². The number of unbranched alkanes of at least 4 members (excludes halogenated alkanes) is 1. The highest BCUT2D eigenvalue weighted by molar-refractivity contribution is 4.83. The summed E-state index contributed by atoms with van der Waals surface area (Å²) in [6.45, 7) is 6.12. The van der Waals surface area contributed by atoms with Gasteiger partial charge >= 0.3 is 0 Å². The average Bonchev–Trinajstić information content (AvgIpc) is 2.16. The highest BCUT2D eigenvalue weighted by Gasteiger charge is 2.26. The van der Waals surface area contributed by atoms with Crippen LogP contribution >= 0.6 is 0 Å². The molecule has 1 saturated carbocycles. The molecule has 0 spiro atoms. The van der Waals surface area contributed by atoms with Crippen LogP contribution in [0, 0.1) is 11.8 Å². The van der Waals surface area contributed by atoms with Crippen LogP contribution in [0.2, 0.25) is 0 Å². The maximum absolute atomic E-state index is 8.68. The molecule has 1 rings (SSSR count). The van der Waals surface area contributed by atoms with E-state index in [9.17, 15) is 0 Å². The first kappa shape index (κ1) is 12.0. The molecule has 0 aromatic rings. The van der Waals surface area contributed by atoms with Crippen LogP contribution in [0.4, 0.5) is 0 Å². The Kier molecular flexibility index (Phi) is 5.49. The maximum atomic E-state index is 8.68. The third-order valence-electron chi connectivity index (χ3n) is 3.51. The Morgan fingerprint density at radius 1 is 1.14 bits per heavy atom. The monoisotopic (exact) mass is 199 g/mol. The molecule has 2 atom stereocenters. The van der Waals surface area contributed by atoms with E-state index in [0.29, 0.717) is 12.6 Å². The van der Waals surface area contributed by atoms with Crippen LogP contribution < -0.4 is 5.32 Å². The fourth-order valence-corrected chi connectivity index (χ4v) is 2.59. The van der Waals surface area contributed by atoms with E-state index in [-0.39, 0.29) is 0 Å². The van der Waals surface area contributed by atoms with Crippen LogP contribution in [-0.4, -0.2) is 24.3 Å². The minimum Gasteiger partial charge on any atom is -0.396 e. The van der Waals surface area contributed by atoms with Gasteiger partial charge in [0, 0.05) is 12.6 Å². The van der Waals surface area contributed by atoms with E-state index in [1.165, 1.54) is 19.3 Å². The fourth-order valence-electron chi connectivity index (χ4n) is 2.59. The topological polar surface area (TPSA) is 32.3 Å². The smallest absolute Gasteiger partial charge is 0.0431 e. The van der Waals surface area contributed by atoms with Crippen molar-refractivity contribution in [3.8, 4) is 0 Å². The van der Waals surface area contributed by atoms with Crippen molar-refractivity contribution in [3.63, 3.8) is 0 Å². The lowest BCUT2D eigenvalue weighted by Crippen LogP contribution is -2.43. The molecule has 14 heavy (non-hydrogen) atoms. The summed E-state index contributed by atoms with van der Waals surface area (Å²) < 4.78 is 0. The van der Waals surface area contributed by atoms with E-state index in [2.05, 4.69) is 19.2 Å². The van der Waals surface area contributed by atoms with Gasteiger partial charge in [0.05, 0.1) is 0 Å². The Labute approximate surface area is 88.1 Å². The summed E-state index contributed by atoms with van der Waals surface area (Å²) in [6, 6.07) is 0.711. The molecule has 2 unspecified atom stereocenters.